The van der Waals surface area contributed by atoms with Crippen LogP contribution in [0, 0.1) is 0 Å². The highest BCUT2D eigenvalue weighted by atomic mass is 32.1. The van der Waals surface area contributed by atoms with Crippen LogP contribution in [0.4, 0.5) is 0 Å². The summed E-state index contributed by atoms with van der Waals surface area (Å²) in [6.07, 6.45) is 0. The molecular weight excluding hydrogens is 334 g/mol. The average molecular weight is 357 g/mol. The van der Waals surface area contributed by atoms with Crippen LogP contribution in [0.15, 0.2) is 47.8 Å². The molecule has 1 N–H and O–H groups in total. The maximum absolute atomic E-state index is 12.4. The van der Waals surface area contributed by atoms with E-state index in [0.717, 1.165) is 4.88 Å². The number of hydrogen-bond acceptors (Lipinski definition) is 4. The van der Waals surface area contributed by atoms with Gasteiger partial charge in [-0.1, -0.05) is 36.4 Å². The van der Waals surface area contributed by atoms with Gasteiger partial charge in [-0.3, -0.25) is 9.59 Å². The molecule has 1 aliphatic heterocycles. The Morgan fingerprint density at radius 3 is 2.36 bits per heavy atom. The fraction of sp³-hybridized carbons (Fsp3) is 0.368. The lowest BCUT2D eigenvalue weighted by atomic mass is 10.1. The van der Waals surface area contributed by atoms with Crippen molar-refractivity contribution < 1.29 is 9.59 Å². The van der Waals surface area contributed by atoms with E-state index >= 15 is 0 Å². The lowest BCUT2D eigenvalue weighted by Crippen LogP contribution is -2.52. The van der Waals surface area contributed by atoms with Crippen LogP contribution in [0.25, 0.3) is 0 Å². The molecule has 0 radical (unpaired) electrons. The molecule has 1 aliphatic rings. The second-order valence-corrected chi connectivity index (χ2v) is 7.11. The topological polar surface area (TPSA) is 52.7 Å². The van der Waals surface area contributed by atoms with E-state index in [9.17, 15) is 9.59 Å². The van der Waals surface area contributed by atoms with Crippen LogP contribution >= 0.6 is 11.3 Å². The Balaban J connectivity index is 1.45. The lowest BCUT2D eigenvalue weighted by molar-refractivity contribution is -0.131. The molecule has 2 amide bonds. The van der Waals surface area contributed by atoms with Crippen LogP contribution in [-0.2, 0) is 4.79 Å². The van der Waals surface area contributed by atoms with Crippen LogP contribution in [0.2, 0.25) is 0 Å². The molecule has 0 aliphatic carbocycles. The zero-order valence-electron chi connectivity index (χ0n) is 14.4. The van der Waals surface area contributed by atoms with E-state index in [-0.39, 0.29) is 17.9 Å². The Kier molecular flexibility index (Phi) is 5.83. The summed E-state index contributed by atoms with van der Waals surface area (Å²) >= 11 is 1.46. The van der Waals surface area contributed by atoms with Gasteiger partial charge in [0, 0.05) is 32.2 Å². The summed E-state index contributed by atoms with van der Waals surface area (Å²) in [7, 11) is 0. The van der Waals surface area contributed by atoms with E-state index in [0.29, 0.717) is 32.7 Å². The van der Waals surface area contributed by atoms with Crippen molar-refractivity contribution in [1.82, 2.24) is 15.1 Å². The summed E-state index contributed by atoms with van der Waals surface area (Å²) in [4.78, 5) is 29.2. The molecule has 1 atom stereocenters. The summed E-state index contributed by atoms with van der Waals surface area (Å²) in [5, 5.41) is 5.19. The first-order chi connectivity index (χ1) is 12.1. The van der Waals surface area contributed by atoms with Gasteiger partial charge < -0.3 is 15.1 Å². The van der Waals surface area contributed by atoms with E-state index < -0.39 is 0 Å². The molecule has 1 aromatic heterocycles. The second kappa shape index (κ2) is 8.27. The van der Waals surface area contributed by atoms with Crippen LogP contribution in [0.1, 0.15) is 28.2 Å². The monoisotopic (exact) mass is 357 g/mol. The number of rotatable bonds is 5. The fourth-order valence-electron chi connectivity index (χ4n) is 2.93. The minimum absolute atomic E-state index is 0.0675. The third-order valence-electron chi connectivity index (χ3n) is 4.51. The SMILES string of the molecule is C[C@@H](NCC(=O)N1CCN(C(=O)c2cccs2)CC1)c1ccccc1. The first kappa shape index (κ1) is 17.6. The quantitative estimate of drug-likeness (QED) is 0.894. The van der Waals surface area contributed by atoms with Gasteiger partial charge in [0.25, 0.3) is 5.91 Å². The molecule has 1 fully saturated rings. The summed E-state index contributed by atoms with van der Waals surface area (Å²) in [5.41, 5.74) is 1.17. The molecule has 2 heterocycles. The molecule has 132 valence electrons. The van der Waals surface area contributed by atoms with Crippen molar-refractivity contribution in [3.63, 3.8) is 0 Å². The van der Waals surface area contributed by atoms with Crippen LogP contribution in [-0.4, -0.2) is 54.3 Å². The zero-order valence-corrected chi connectivity index (χ0v) is 15.2. The van der Waals surface area contributed by atoms with Gasteiger partial charge in [-0.25, -0.2) is 0 Å². The van der Waals surface area contributed by atoms with Gasteiger partial charge in [0.2, 0.25) is 5.91 Å². The van der Waals surface area contributed by atoms with E-state index in [1.54, 1.807) is 0 Å². The number of carbonyl (C=O) groups excluding carboxylic acids is 2. The van der Waals surface area contributed by atoms with E-state index in [2.05, 4.69) is 24.4 Å². The van der Waals surface area contributed by atoms with Crippen molar-refractivity contribution in [2.75, 3.05) is 32.7 Å². The smallest absolute Gasteiger partial charge is 0.264 e. The van der Waals surface area contributed by atoms with Gasteiger partial charge in [0.05, 0.1) is 11.4 Å². The highest BCUT2D eigenvalue weighted by molar-refractivity contribution is 7.12. The van der Waals surface area contributed by atoms with Gasteiger partial charge >= 0.3 is 0 Å². The Labute approximate surface area is 152 Å². The molecule has 1 saturated heterocycles. The Morgan fingerprint density at radius 2 is 1.72 bits per heavy atom. The normalized spacial score (nSPS) is 15.9. The van der Waals surface area contributed by atoms with Gasteiger partial charge in [0.1, 0.15) is 0 Å². The molecular formula is C19H23N3O2S. The molecule has 0 saturated carbocycles. The first-order valence-corrected chi connectivity index (χ1v) is 9.42. The highest BCUT2D eigenvalue weighted by Crippen LogP contribution is 2.14. The largest absolute Gasteiger partial charge is 0.338 e. The molecule has 6 heteroatoms. The van der Waals surface area contributed by atoms with Gasteiger partial charge in [-0.15, -0.1) is 11.3 Å². The van der Waals surface area contributed by atoms with Gasteiger partial charge in [0.15, 0.2) is 0 Å². The minimum atomic E-state index is 0.0675. The summed E-state index contributed by atoms with van der Waals surface area (Å²) in [6, 6.07) is 14.0. The summed E-state index contributed by atoms with van der Waals surface area (Å²) in [6.45, 7) is 4.75. The highest BCUT2D eigenvalue weighted by Gasteiger charge is 2.25. The number of hydrogen-bond donors (Lipinski definition) is 1. The number of nitrogens with one attached hydrogen (secondary N) is 1. The molecule has 3 rings (SSSR count). The molecule has 5 nitrogen and oxygen atoms in total. The Bertz CT molecular complexity index is 695. The van der Waals surface area contributed by atoms with Crippen molar-refractivity contribution in [1.29, 1.82) is 0 Å². The van der Waals surface area contributed by atoms with Gasteiger partial charge in [-0.05, 0) is 23.9 Å². The van der Waals surface area contributed by atoms with Crippen molar-refractivity contribution in [2.24, 2.45) is 0 Å². The van der Waals surface area contributed by atoms with Crippen molar-refractivity contribution in [3.8, 4) is 0 Å². The molecule has 0 unspecified atom stereocenters. The third-order valence-corrected chi connectivity index (χ3v) is 5.37. The number of nitrogens with zero attached hydrogens (tertiary/aromatic N) is 2. The van der Waals surface area contributed by atoms with E-state index in [1.165, 1.54) is 16.9 Å². The maximum atomic E-state index is 12.4. The molecule has 0 spiro atoms. The van der Waals surface area contributed by atoms with Crippen LogP contribution in [0.5, 0.6) is 0 Å². The van der Waals surface area contributed by atoms with Crippen molar-refractivity contribution in [3.05, 3.63) is 58.3 Å². The number of benzene rings is 1. The fourth-order valence-corrected chi connectivity index (χ4v) is 3.62. The summed E-state index contributed by atoms with van der Waals surface area (Å²) in [5.74, 6) is 0.156. The standard InChI is InChI=1S/C19H23N3O2S/c1-15(16-6-3-2-4-7-16)20-14-18(23)21-9-11-22(12-10-21)19(24)17-8-5-13-25-17/h2-8,13,15,20H,9-12,14H2,1H3/t15-/m1/s1. The Morgan fingerprint density at radius 1 is 1.04 bits per heavy atom. The number of piperazine rings is 1. The number of carbonyl (C=O) groups is 2. The second-order valence-electron chi connectivity index (χ2n) is 6.16. The average Bonchev–Trinajstić information content (AvgIpc) is 3.21. The first-order valence-electron chi connectivity index (χ1n) is 8.54. The molecule has 25 heavy (non-hydrogen) atoms. The third kappa shape index (κ3) is 4.46. The zero-order chi connectivity index (χ0) is 17.6. The number of amides is 2. The van der Waals surface area contributed by atoms with E-state index in [1.807, 2.05) is 45.5 Å². The number of thiophene rings is 1. The van der Waals surface area contributed by atoms with Crippen molar-refractivity contribution >= 4 is 23.2 Å². The van der Waals surface area contributed by atoms with Gasteiger partial charge in [-0.2, -0.15) is 0 Å². The predicted molar refractivity (Wildman–Crippen MR) is 99.7 cm³/mol. The maximum Gasteiger partial charge on any atom is 0.264 e. The molecule has 1 aromatic carbocycles. The van der Waals surface area contributed by atoms with E-state index in [4.69, 9.17) is 0 Å². The van der Waals surface area contributed by atoms with Crippen molar-refractivity contribution in [2.45, 2.75) is 13.0 Å². The van der Waals surface area contributed by atoms with Crippen LogP contribution in [0.3, 0.4) is 0 Å². The minimum Gasteiger partial charge on any atom is -0.338 e. The molecule has 2 aromatic rings. The molecule has 0 bridgehead atoms. The lowest BCUT2D eigenvalue weighted by Gasteiger charge is -2.34. The summed E-state index contributed by atoms with van der Waals surface area (Å²) < 4.78 is 0. The Hall–Kier alpha value is -2.18. The van der Waals surface area contributed by atoms with Crippen LogP contribution < -0.4 is 5.32 Å². The predicted octanol–water partition coefficient (Wildman–Crippen LogP) is 2.38.